The Hall–Kier alpha value is -3.30. The van der Waals surface area contributed by atoms with E-state index in [-0.39, 0.29) is 55.1 Å². The van der Waals surface area contributed by atoms with Gasteiger partial charge in [0, 0.05) is 12.2 Å². The molecule has 0 unspecified atom stereocenters. The van der Waals surface area contributed by atoms with Gasteiger partial charge in [0.05, 0.1) is 47.7 Å². The number of carboxylic acids is 1. The number of anilines is 2. The van der Waals surface area contributed by atoms with Crippen LogP contribution in [0.2, 0.25) is 4.34 Å². The van der Waals surface area contributed by atoms with Crippen LogP contribution >= 0.6 is 35.3 Å². The van der Waals surface area contributed by atoms with Crippen molar-refractivity contribution in [3.05, 3.63) is 45.4 Å². The highest BCUT2D eigenvalue weighted by Gasteiger charge is 2.38. The molecule has 0 radical (unpaired) electrons. The smallest absolute Gasteiger partial charge is 0.414 e. The van der Waals surface area contributed by atoms with E-state index in [0.29, 0.717) is 16.6 Å². The molecule has 2 aliphatic heterocycles. The lowest BCUT2D eigenvalue weighted by molar-refractivity contribution is -0.139. The minimum absolute atomic E-state index is 0. The van der Waals surface area contributed by atoms with Crippen LogP contribution in [0, 0.1) is 5.82 Å². The molecule has 2 saturated heterocycles. The summed E-state index contributed by atoms with van der Waals surface area (Å²) in [6, 6.07) is 6.92. The van der Waals surface area contributed by atoms with Crippen molar-refractivity contribution in [3.63, 3.8) is 0 Å². The second kappa shape index (κ2) is 13.4. The standard InChI is InChI=1S/C24H24ClFN4O8S.ClH/c1-27(12-22(33)34)11-20(31)30(23(35)18-4-5-19(25)39-18)10-15-9-29(24(36)38-15)17-3-2-14(8-16(17)26)28-6-7-37-13-21(28)32;/h2-5,8,15H,6-7,9-13H2,1H3,(H,33,34);1H/t15-;/m1./s1. The van der Waals surface area contributed by atoms with Gasteiger partial charge in [-0.25, -0.2) is 9.18 Å². The number of carbonyl (C=O) groups excluding carboxylic acids is 4. The van der Waals surface area contributed by atoms with Gasteiger partial charge in [0.2, 0.25) is 5.91 Å². The molecular weight excluding hydrogens is 594 g/mol. The molecule has 4 rings (SSSR count). The first-order valence-corrected chi connectivity index (χ1v) is 12.9. The van der Waals surface area contributed by atoms with E-state index in [1.54, 1.807) is 0 Å². The van der Waals surface area contributed by atoms with Crippen molar-refractivity contribution in [2.75, 3.05) is 62.8 Å². The normalized spacial score (nSPS) is 17.1. The molecule has 1 N–H and O–H groups in total. The number of carbonyl (C=O) groups is 5. The fourth-order valence-corrected chi connectivity index (χ4v) is 5.15. The summed E-state index contributed by atoms with van der Waals surface area (Å²) in [5.41, 5.74) is 0.221. The number of amides is 4. The lowest BCUT2D eigenvalue weighted by Gasteiger charge is -2.27. The van der Waals surface area contributed by atoms with Crippen LogP contribution in [0.5, 0.6) is 0 Å². The summed E-state index contributed by atoms with van der Waals surface area (Å²) in [4.78, 5) is 66.6. The number of likely N-dealkylation sites (N-methyl/N-ethyl adjacent to an activating group) is 1. The van der Waals surface area contributed by atoms with Crippen LogP contribution in [-0.4, -0.2) is 104 Å². The molecule has 0 saturated carbocycles. The van der Waals surface area contributed by atoms with Crippen molar-refractivity contribution in [3.8, 4) is 0 Å². The molecule has 3 heterocycles. The number of imide groups is 1. The lowest BCUT2D eigenvalue weighted by Crippen LogP contribution is -2.47. The fraction of sp³-hybridized carbons (Fsp3) is 0.375. The zero-order valence-corrected chi connectivity index (χ0v) is 23.5. The maximum Gasteiger partial charge on any atom is 0.414 e. The molecule has 0 bridgehead atoms. The van der Waals surface area contributed by atoms with Crippen LogP contribution in [0.4, 0.5) is 20.6 Å². The van der Waals surface area contributed by atoms with Crippen LogP contribution in [0.15, 0.2) is 30.3 Å². The van der Waals surface area contributed by atoms with Crippen LogP contribution in [0.3, 0.4) is 0 Å². The van der Waals surface area contributed by atoms with Gasteiger partial charge in [-0.3, -0.25) is 33.9 Å². The molecule has 1 atom stereocenters. The van der Waals surface area contributed by atoms with Crippen molar-refractivity contribution in [1.29, 1.82) is 0 Å². The summed E-state index contributed by atoms with van der Waals surface area (Å²) < 4.78 is 25.8. The lowest BCUT2D eigenvalue weighted by atomic mass is 10.2. The van der Waals surface area contributed by atoms with Crippen molar-refractivity contribution in [2.45, 2.75) is 6.10 Å². The summed E-state index contributed by atoms with van der Waals surface area (Å²) in [5.74, 6) is -3.64. The number of morpholine rings is 1. The molecular formula is C24H25Cl2FN4O8S. The molecule has 16 heteroatoms. The number of hydrogen-bond acceptors (Lipinski definition) is 9. The van der Waals surface area contributed by atoms with Crippen molar-refractivity contribution >= 4 is 76.5 Å². The molecule has 0 aliphatic carbocycles. The summed E-state index contributed by atoms with van der Waals surface area (Å²) in [6.07, 6.45) is -1.87. The molecule has 2 aliphatic rings. The SMILES string of the molecule is CN(CC(=O)O)CC(=O)N(C[C@H]1CN(c2ccc(N3CCOCC3=O)cc2F)C(=O)O1)C(=O)c1ccc(Cl)s1.Cl. The Kier molecular flexibility index (Phi) is 10.4. The number of nitrogens with zero attached hydrogens (tertiary/aromatic N) is 4. The first-order valence-electron chi connectivity index (χ1n) is 11.7. The number of thiophene rings is 1. The van der Waals surface area contributed by atoms with Crippen molar-refractivity contribution in [2.24, 2.45) is 0 Å². The number of carboxylic acid groups (broad SMARTS) is 1. The Morgan fingerprint density at radius 3 is 2.55 bits per heavy atom. The maximum absolute atomic E-state index is 15.1. The summed E-state index contributed by atoms with van der Waals surface area (Å²) in [7, 11) is 1.41. The topological polar surface area (TPSA) is 137 Å². The summed E-state index contributed by atoms with van der Waals surface area (Å²) in [6.45, 7) is -0.875. The molecule has 1 aromatic carbocycles. The first-order chi connectivity index (χ1) is 18.5. The van der Waals surface area contributed by atoms with E-state index in [0.717, 1.165) is 27.2 Å². The molecule has 4 amide bonds. The van der Waals surface area contributed by atoms with E-state index >= 15 is 4.39 Å². The molecule has 2 aromatic rings. The fourth-order valence-electron chi connectivity index (χ4n) is 4.15. The van der Waals surface area contributed by atoms with Gasteiger partial charge in [0.1, 0.15) is 18.5 Å². The van der Waals surface area contributed by atoms with Gasteiger partial charge in [-0.15, -0.1) is 23.7 Å². The Morgan fingerprint density at radius 2 is 1.93 bits per heavy atom. The minimum Gasteiger partial charge on any atom is -0.480 e. The highest BCUT2D eigenvalue weighted by Crippen LogP contribution is 2.30. The van der Waals surface area contributed by atoms with Gasteiger partial charge in [-0.05, 0) is 37.4 Å². The Balaban J connectivity index is 0.00000441. The Bertz CT molecular complexity index is 1310. The van der Waals surface area contributed by atoms with Gasteiger partial charge in [-0.2, -0.15) is 0 Å². The number of cyclic esters (lactones) is 1. The molecule has 1 aromatic heterocycles. The Morgan fingerprint density at radius 1 is 1.18 bits per heavy atom. The monoisotopic (exact) mass is 618 g/mol. The van der Waals surface area contributed by atoms with Gasteiger partial charge in [0.15, 0.2) is 0 Å². The number of benzene rings is 1. The van der Waals surface area contributed by atoms with Gasteiger partial charge < -0.3 is 19.5 Å². The number of aliphatic carboxylic acids is 1. The van der Waals surface area contributed by atoms with Gasteiger partial charge >= 0.3 is 12.1 Å². The average Bonchev–Trinajstić information content (AvgIpc) is 3.46. The highest BCUT2D eigenvalue weighted by molar-refractivity contribution is 7.18. The maximum atomic E-state index is 15.1. The van der Waals surface area contributed by atoms with E-state index in [1.165, 1.54) is 41.1 Å². The third-order valence-corrected chi connectivity index (χ3v) is 7.14. The first kappa shape index (κ1) is 31.2. The second-order valence-electron chi connectivity index (χ2n) is 8.83. The Labute approximate surface area is 243 Å². The number of rotatable bonds is 9. The van der Waals surface area contributed by atoms with E-state index < -0.39 is 48.9 Å². The van der Waals surface area contributed by atoms with Crippen molar-refractivity contribution in [1.82, 2.24) is 9.80 Å². The highest BCUT2D eigenvalue weighted by atomic mass is 35.5. The quantitative estimate of drug-likeness (QED) is 0.449. The third kappa shape index (κ3) is 7.26. The molecule has 40 heavy (non-hydrogen) atoms. The molecule has 0 spiro atoms. The van der Waals surface area contributed by atoms with Crippen LogP contribution in [-0.2, 0) is 23.9 Å². The zero-order chi connectivity index (χ0) is 28.3. The molecule has 12 nitrogen and oxygen atoms in total. The molecule has 216 valence electrons. The number of ether oxygens (including phenoxy) is 2. The largest absolute Gasteiger partial charge is 0.480 e. The van der Waals surface area contributed by atoms with Crippen LogP contribution < -0.4 is 9.80 Å². The van der Waals surface area contributed by atoms with E-state index in [2.05, 4.69) is 0 Å². The summed E-state index contributed by atoms with van der Waals surface area (Å²) in [5, 5.41) is 8.98. The predicted octanol–water partition coefficient (Wildman–Crippen LogP) is 2.34. The van der Waals surface area contributed by atoms with Crippen LogP contribution in [0.25, 0.3) is 0 Å². The zero-order valence-electron chi connectivity index (χ0n) is 21.1. The average molecular weight is 619 g/mol. The van der Waals surface area contributed by atoms with Crippen molar-refractivity contribution < 1.29 is 42.9 Å². The number of hydrogen-bond donors (Lipinski definition) is 1. The third-order valence-electron chi connectivity index (χ3n) is 5.92. The predicted molar refractivity (Wildman–Crippen MR) is 145 cm³/mol. The second-order valence-corrected chi connectivity index (χ2v) is 10.5. The van der Waals surface area contributed by atoms with Crippen LogP contribution in [0.1, 0.15) is 9.67 Å². The number of halogens is 3. The minimum atomic E-state index is -1.15. The van der Waals surface area contributed by atoms with Gasteiger partial charge in [-0.1, -0.05) is 11.6 Å². The van der Waals surface area contributed by atoms with E-state index in [9.17, 15) is 24.0 Å². The molecule has 2 fully saturated rings. The summed E-state index contributed by atoms with van der Waals surface area (Å²) >= 11 is 6.89. The van der Waals surface area contributed by atoms with E-state index in [1.807, 2.05) is 0 Å². The van der Waals surface area contributed by atoms with Gasteiger partial charge in [0.25, 0.3) is 11.8 Å². The van der Waals surface area contributed by atoms with E-state index in [4.69, 9.17) is 26.2 Å².